The molecule has 5 rings (SSSR count). The number of hydrogen-bond acceptors (Lipinski definition) is 12. The van der Waals surface area contributed by atoms with Gasteiger partial charge in [0.1, 0.15) is 60.4 Å². The van der Waals surface area contributed by atoms with Crippen LogP contribution in [0.5, 0.6) is 5.75 Å². The van der Waals surface area contributed by atoms with E-state index in [4.69, 9.17) is 4.74 Å². The number of phenolic OH excluding ortho intramolecular Hbond substituents is 1. The molecule has 2 aliphatic rings. The summed E-state index contributed by atoms with van der Waals surface area (Å²) in [5.41, 5.74) is 1.82. The summed E-state index contributed by atoms with van der Waals surface area (Å²) in [5.74, 6) is -9.97. The van der Waals surface area contributed by atoms with E-state index in [9.17, 15) is 53.7 Å². The molecule has 7 amide bonds. The van der Waals surface area contributed by atoms with Gasteiger partial charge in [0.2, 0.25) is 41.4 Å². The highest BCUT2D eigenvalue weighted by Gasteiger charge is 2.47. The third kappa shape index (κ3) is 14.1. The van der Waals surface area contributed by atoms with Crippen molar-refractivity contribution in [2.45, 2.75) is 160 Å². The molecule has 2 aliphatic heterocycles. The number of piperidine rings is 1. The summed E-state index contributed by atoms with van der Waals surface area (Å²) in [5, 5.41) is 45.0. The van der Waals surface area contributed by atoms with Gasteiger partial charge in [0.15, 0.2) is 0 Å². The summed E-state index contributed by atoms with van der Waals surface area (Å²) < 4.78 is 5.89. The first-order valence-electron chi connectivity index (χ1n) is 24.7. The Kier molecular flexibility index (Phi) is 19.7. The van der Waals surface area contributed by atoms with Gasteiger partial charge in [-0.25, -0.2) is 4.79 Å². The number of benzene rings is 2. The molecule has 21 heteroatoms. The van der Waals surface area contributed by atoms with E-state index in [1.807, 2.05) is 31.2 Å². The second-order valence-corrected chi connectivity index (χ2v) is 19.2. The average Bonchev–Trinajstić information content (AvgIpc) is 3.75. The Hall–Kier alpha value is -7.03. The van der Waals surface area contributed by atoms with Gasteiger partial charge in [-0.1, -0.05) is 84.2 Å². The number of aromatic nitrogens is 1. The summed E-state index contributed by atoms with van der Waals surface area (Å²) >= 11 is 0. The van der Waals surface area contributed by atoms with Crippen LogP contribution in [0, 0.1) is 11.8 Å². The number of nitrogens with one attached hydrogen (secondary N) is 6. The molecule has 0 aliphatic carbocycles. The average molecular weight is 1000 g/mol. The van der Waals surface area contributed by atoms with E-state index in [1.165, 1.54) is 43.1 Å². The lowest BCUT2D eigenvalue weighted by molar-refractivity contribution is -0.168. The molecule has 0 saturated carbocycles. The molecule has 392 valence electrons. The monoisotopic (exact) mass is 1000 g/mol. The molecule has 0 radical (unpaired) electrons. The van der Waals surface area contributed by atoms with Crippen LogP contribution in [-0.4, -0.2) is 145 Å². The van der Waals surface area contributed by atoms with Gasteiger partial charge in [-0.05, 0) is 67.3 Å². The molecule has 0 spiro atoms. The number of hydrogen-bond donors (Lipinski definition) is 9. The summed E-state index contributed by atoms with van der Waals surface area (Å²) in [6.07, 6.45) is -0.525. The van der Waals surface area contributed by atoms with Crippen molar-refractivity contribution < 1.29 is 63.2 Å². The summed E-state index contributed by atoms with van der Waals surface area (Å²) in [6.45, 7) is 9.94. The normalized spacial score (nSPS) is 24.7. The highest BCUT2D eigenvalue weighted by Crippen LogP contribution is 2.29. The third-order valence-electron chi connectivity index (χ3n) is 13.5. The Balaban J connectivity index is 1.63. The number of rotatable bonds is 16. The van der Waals surface area contributed by atoms with E-state index in [2.05, 4.69) is 31.6 Å². The number of carbonyl (C=O) groups excluding carboxylic acids is 8. The molecule has 3 heterocycles. The fourth-order valence-electron chi connectivity index (χ4n) is 9.02. The number of nitrogens with zero attached hydrogens (tertiary/aromatic N) is 2. The number of aliphatic hydroxyl groups excluding tert-OH is 1. The van der Waals surface area contributed by atoms with E-state index in [-0.39, 0.29) is 37.9 Å². The van der Waals surface area contributed by atoms with E-state index < -0.39 is 126 Å². The van der Waals surface area contributed by atoms with Gasteiger partial charge in [-0.2, -0.15) is 0 Å². The van der Waals surface area contributed by atoms with Gasteiger partial charge >= 0.3 is 11.9 Å². The Bertz CT molecular complexity index is 2440. The zero-order valence-electron chi connectivity index (χ0n) is 41.9. The number of carboxylic acids is 1. The van der Waals surface area contributed by atoms with Crippen LogP contribution in [0.25, 0.3) is 10.9 Å². The number of aromatic hydroxyl groups is 1. The minimum absolute atomic E-state index is 0.0172. The van der Waals surface area contributed by atoms with Crippen LogP contribution in [0.1, 0.15) is 104 Å². The number of amides is 7. The number of cyclic esters (lactones) is 1. The Labute approximate surface area is 418 Å². The highest BCUT2D eigenvalue weighted by molar-refractivity contribution is 5.99. The van der Waals surface area contributed by atoms with Crippen molar-refractivity contribution in [1.29, 1.82) is 0 Å². The SMILES string of the molecule is CCCCCC(=O)N[C@@H](CC(=O)O)C(=O)N[C@@H]1C(=O)N[C@@H](Cc2ccc(O)cc2)C(=O)N[C@H]2CC[C@@H](O)N(C2=O)[C@@H](C(C)CC)C(=O)N(C)[C@@H](Cc2c[nH]c3ccccc23)C(=O)N[C@@H](C(C)C)C(=O)O[C@@H]1C. The second-order valence-electron chi connectivity index (χ2n) is 19.2. The van der Waals surface area contributed by atoms with E-state index in [1.54, 1.807) is 33.9 Å². The van der Waals surface area contributed by atoms with Crippen LogP contribution in [0.2, 0.25) is 0 Å². The van der Waals surface area contributed by atoms with Crippen molar-refractivity contribution in [2.24, 2.45) is 11.8 Å². The molecule has 10 atom stereocenters. The zero-order valence-corrected chi connectivity index (χ0v) is 41.9. The number of unbranched alkanes of at least 4 members (excludes halogenated alkanes) is 2. The van der Waals surface area contributed by atoms with E-state index in [0.29, 0.717) is 30.4 Å². The number of esters is 1. The summed E-state index contributed by atoms with van der Waals surface area (Å²) in [4.78, 5) is 133. The fraction of sp³-hybridized carbons (Fsp3) is 0.549. The first-order chi connectivity index (χ1) is 34.1. The molecule has 2 bridgehead atoms. The third-order valence-corrected chi connectivity index (χ3v) is 13.5. The molecule has 72 heavy (non-hydrogen) atoms. The molecule has 2 saturated heterocycles. The second kappa shape index (κ2) is 25.4. The van der Waals surface area contributed by atoms with Gasteiger partial charge < -0.3 is 61.4 Å². The number of carbonyl (C=O) groups is 9. The van der Waals surface area contributed by atoms with Gasteiger partial charge in [-0.3, -0.25) is 38.4 Å². The highest BCUT2D eigenvalue weighted by atomic mass is 16.5. The van der Waals surface area contributed by atoms with Crippen LogP contribution in [0.4, 0.5) is 0 Å². The topological polar surface area (TPSA) is 306 Å². The van der Waals surface area contributed by atoms with Crippen molar-refractivity contribution in [3.8, 4) is 5.75 Å². The smallest absolute Gasteiger partial charge is 0.329 e. The largest absolute Gasteiger partial charge is 0.508 e. The minimum Gasteiger partial charge on any atom is -0.508 e. The number of likely N-dealkylation sites (N-methyl/N-ethyl adjacent to an activating group) is 1. The standard InChI is InChI=1S/C51H70N8O13/c1-8-10-11-16-39(61)53-37(25-41(63)64)46(66)57-43-29(6)72-51(71)42(27(3)4)56-47(67)38(24-31-26-52-34-15-13-12-14-33(31)34)58(7)50(70)44(28(5)9-2)59-40(62)22-21-35(49(59)69)54-45(65)36(55-48(43)68)23-30-17-19-32(60)20-18-30/h12-15,17-20,26-29,35-38,40,42-44,52,60,62H,8-11,16,21-25H2,1-7H3,(H,53,61)(H,54,65)(H,55,68)(H,56,67)(H,57,66)(H,63,64)/t28?,29-,35+,36+,37+,38+,40-,42+,43+,44+/m1/s1. The van der Waals surface area contributed by atoms with Gasteiger partial charge in [0.05, 0.1) is 6.42 Å². The Morgan fingerprint density at radius 1 is 0.861 bits per heavy atom. The maximum absolute atomic E-state index is 15.1. The Morgan fingerprint density at radius 3 is 2.21 bits per heavy atom. The Morgan fingerprint density at radius 2 is 1.56 bits per heavy atom. The predicted octanol–water partition coefficient (Wildman–Crippen LogP) is 1.92. The van der Waals surface area contributed by atoms with Gasteiger partial charge in [-0.15, -0.1) is 0 Å². The molecular weight excluding hydrogens is 933 g/mol. The lowest BCUT2D eigenvalue weighted by Gasteiger charge is -2.44. The number of aromatic amines is 1. The molecule has 21 nitrogen and oxygen atoms in total. The van der Waals surface area contributed by atoms with Crippen molar-refractivity contribution >= 4 is 64.2 Å². The number of phenols is 1. The number of fused-ring (bicyclic) bond motifs is 3. The van der Waals surface area contributed by atoms with Crippen LogP contribution in [-0.2, 0) is 60.7 Å². The number of ether oxygens (including phenoxy) is 1. The van der Waals surface area contributed by atoms with Crippen LogP contribution < -0.4 is 26.6 Å². The van der Waals surface area contributed by atoms with Gasteiger partial charge in [0, 0.05) is 43.4 Å². The van der Waals surface area contributed by atoms with Crippen LogP contribution >= 0.6 is 0 Å². The van der Waals surface area contributed by atoms with Crippen molar-refractivity contribution in [3.05, 3.63) is 65.9 Å². The number of carboxylic acid groups (broad SMARTS) is 1. The van der Waals surface area contributed by atoms with Crippen LogP contribution in [0.3, 0.4) is 0 Å². The first-order valence-corrected chi connectivity index (χ1v) is 24.7. The molecule has 2 fully saturated rings. The first kappa shape index (κ1) is 55.9. The van der Waals surface area contributed by atoms with Gasteiger partial charge in [0.25, 0.3) is 0 Å². The minimum atomic E-state index is -1.88. The van der Waals surface area contributed by atoms with E-state index in [0.717, 1.165) is 22.2 Å². The maximum Gasteiger partial charge on any atom is 0.329 e. The summed E-state index contributed by atoms with van der Waals surface area (Å²) in [6, 6.07) is 2.40. The van der Waals surface area contributed by atoms with Crippen molar-refractivity contribution in [1.82, 2.24) is 41.4 Å². The number of aliphatic carboxylic acids is 1. The lowest BCUT2D eigenvalue weighted by Crippen LogP contribution is -2.66. The number of para-hydroxylation sites is 1. The molecule has 2 aromatic carbocycles. The number of H-pyrrole nitrogens is 1. The van der Waals surface area contributed by atoms with E-state index >= 15 is 4.79 Å². The quantitative estimate of drug-likeness (QED) is 0.0733. The fourth-order valence-corrected chi connectivity index (χ4v) is 9.02. The lowest BCUT2D eigenvalue weighted by atomic mass is 9.91. The predicted molar refractivity (Wildman–Crippen MR) is 262 cm³/mol. The maximum atomic E-state index is 15.1. The van der Waals surface area contributed by atoms with Crippen LogP contribution in [0.15, 0.2) is 54.7 Å². The number of aliphatic hydroxyl groups is 1. The molecule has 1 unspecified atom stereocenters. The molecule has 3 aromatic rings. The molecule has 1 aromatic heterocycles. The molecule has 9 N–H and O–H groups in total. The molecular formula is C51H70N8O13. The zero-order chi connectivity index (χ0) is 53.0. The van der Waals surface area contributed by atoms with Crippen molar-refractivity contribution in [3.63, 3.8) is 0 Å². The van der Waals surface area contributed by atoms with Crippen molar-refractivity contribution in [2.75, 3.05) is 7.05 Å². The summed E-state index contributed by atoms with van der Waals surface area (Å²) in [7, 11) is 1.40.